The van der Waals surface area contributed by atoms with Gasteiger partial charge < -0.3 is 4.74 Å². The molecule has 0 saturated heterocycles. The van der Waals surface area contributed by atoms with E-state index in [0.29, 0.717) is 23.3 Å². The van der Waals surface area contributed by atoms with Gasteiger partial charge in [0.15, 0.2) is 5.78 Å². The molecule has 6 nitrogen and oxygen atoms in total. The van der Waals surface area contributed by atoms with Crippen LogP contribution in [0.15, 0.2) is 59.5 Å². The Morgan fingerprint density at radius 2 is 1.62 bits per heavy atom. The second kappa shape index (κ2) is 12.5. The molecule has 1 aliphatic carbocycles. The standard InChI is InChI=1S/C31H35Cl2NO5S/c1-31(2,3)39-30(36)20-34(40(37,38)26-18-23(32)17-24(33)19-26)25-13-14-27-22(16-25)10-7-11-28(27)29(35)15-12-21-8-5-4-6-9-21/h7,10-11,13-14,16-19,21H,4-6,8-9,12,15,20H2,1-3H3. The maximum absolute atomic E-state index is 13.8. The Labute approximate surface area is 246 Å². The highest BCUT2D eigenvalue weighted by molar-refractivity contribution is 7.92. The summed E-state index contributed by atoms with van der Waals surface area (Å²) in [5.41, 5.74) is 0.0617. The number of carbonyl (C=O) groups is 2. The van der Waals surface area contributed by atoms with Crippen molar-refractivity contribution < 1.29 is 22.7 Å². The number of nitrogens with zero attached hydrogens (tertiary/aromatic N) is 1. The normalized spacial score (nSPS) is 14.7. The maximum Gasteiger partial charge on any atom is 0.327 e. The summed E-state index contributed by atoms with van der Waals surface area (Å²) in [6, 6.07) is 14.5. The predicted octanol–water partition coefficient (Wildman–Crippen LogP) is 8.23. The van der Waals surface area contributed by atoms with E-state index in [-0.39, 0.29) is 26.4 Å². The van der Waals surface area contributed by atoms with Crippen molar-refractivity contribution in [3.8, 4) is 0 Å². The van der Waals surface area contributed by atoms with Gasteiger partial charge in [0.05, 0.1) is 10.6 Å². The lowest BCUT2D eigenvalue weighted by Crippen LogP contribution is -2.39. The molecule has 1 fully saturated rings. The number of benzene rings is 3. The van der Waals surface area contributed by atoms with Gasteiger partial charge in [0.2, 0.25) is 0 Å². The van der Waals surface area contributed by atoms with Crippen LogP contribution in [0, 0.1) is 5.92 Å². The number of anilines is 1. The summed E-state index contributed by atoms with van der Waals surface area (Å²) in [5.74, 6) is -0.0300. The van der Waals surface area contributed by atoms with Gasteiger partial charge in [-0.25, -0.2) is 8.42 Å². The number of esters is 1. The molecule has 0 aliphatic heterocycles. The Morgan fingerprint density at radius 1 is 0.950 bits per heavy atom. The molecule has 1 saturated carbocycles. The van der Waals surface area contributed by atoms with Crippen molar-refractivity contribution in [1.82, 2.24) is 0 Å². The number of rotatable bonds is 9. The van der Waals surface area contributed by atoms with E-state index in [2.05, 4.69) is 0 Å². The highest BCUT2D eigenvalue weighted by Gasteiger charge is 2.30. The van der Waals surface area contributed by atoms with Crippen molar-refractivity contribution in [2.75, 3.05) is 10.8 Å². The van der Waals surface area contributed by atoms with Crippen molar-refractivity contribution in [2.24, 2.45) is 5.92 Å². The monoisotopic (exact) mass is 603 g/mol. The molecule has 0 spiro atoms. The highest BCUT2D eigenvalue weighted by Crippen LogP contribution is 2.33. The van der Waals surface area contributed by atoms with E-state index in [1.54, 1.807) is 45.0 Å². The van der Waals surface area contributed by atoms with Gasteiger partial charge in [-0.2, -0.15) is 0 Å². The number of hydrogen-bond acceptors (Lipinski definition) is 5. The zero-order valence-corrected chi connectivity index (χ0v) is 25.4. The lowest BCUT2D eigenvalue weighted by atomic mass is 9.85. The van der Waals surface area contributed by atoms with Crippen LogP contribution in [0.25, 0.3) is 10.8 Å². The predicted molar refractivity (Wildman–Crippen MR) is 161 cm³/mol. The Kier molecular flexibility index (Phi) is 9.48. The quantitative estimate of drug-likeness (QED) is 0.182. The van der Waals surface area contributed by atoms with Gasteiger partial charge in [0.25, 0.3) is 10.0 Å². The average molecular weight is 605 g/mol. The largest absolute Gasteiger partial charge is 0.459 e. The molecule has 0 unspecified atom stereocenters. The number of halogens is 2. The molecule has 0 amide bonds. The first-order valence-electron chi connectivity index (χ1n) is 13.6. The fourth-order valence-electron chi connectivity index (χ4n) is 5.23. The second-order valence-corrected chi connectivity index (χ2v) is 14.1. The smallest absolute Gasteiger partial charge is 0.327 e. The average Bonchev–Trinajstić information content (AvgIpc) is 2.88. The fourth-order valence-corrected chi connectivity index (χ4v) is 7.35. The Balaban J connectivity index is 1.69. The van der Waals surface area contributed by atoms with Gasteiger partial charge >= 0.3 is 5.97 Å². The molecule has 0 N–H and O–H groups in total. The SMILES string of the molecule is CC(C)(C)OC(=O)CN(c1ccc2c(C(=O)CCC3CCCCC3)cccc2c1)S(=O)(=O)c1cc(Cl)cc(Cl)c1. The molecule has 9 heteroatoms. The molecular formula is C31H35Cl2NO5S. The number of ether oxygens (including phenoxy) is 1. The van der Waals surface area contributed by atoms with Gasteiger partial charge in [0, 0.05) is 22.0 Å². The van der Waals surface area contributed by atoms with Crippen molar-refractivity contribution in [3.63, 3.8) is 0 Å². The van der Waals surface area contributed by atoms with Crippen LogP contribution < -0.4 is 4.31 Å². The minimum absolute atomic E-state index is 0.0794. The molecule has 0 atom stereocenters. The van der Waals surface area contributed by atoms with Crippen LogP contribution >= 0.6 is 23.2 Å². The van der Waals surface area contributed by atoms with Crippen molar-refractivity contribution in [2.45, 2.75) is 76.2 Å². The molecular weight excluding hydrogens is 569 g/mol. The summed E-state index contributed by atoms with van der Waals surface area (Å²) in [6.45, 7) is 4.57. The third-order valence-electron chi connectivity index (χ3n) is 7.07. The van der Waals surface area contributed by atoms with E-state index >= 15 is 0 Å². The first-order valence-corrected chi connectivity index (χ1v) is 15.8. The van der Waals surface area contributed by atoms with Crippen molar-refractivity contribution in [1.29, 1.82) is 0 Å². The minimum atomic E-state index is -4.27. The molecule has 0 bridgehead atoms. The van der Waals surface area contributed by atoms with Crippen LogP contribution in [0.1, 0.15) is 76.1 Å². The summed E-state index contributed by atoms with van der Waals surface area (Å²) >= 11 is 12.2. The van der Waals surface area contributed by atoms with E-state index in [9.17, 15) is 18.0 Å². The van der Waals surface area contributed by atoms with Gasteiger partial charge in [-0.05, 0) is 74.2 Å². The highest BCUT2D eigenvalue weighted by atomic mass is 35.5. The lowest BCUT2D eigenvalue weighted by Gasteiger charge is -2.27. The molecule has 3 aromatic rings. The topological polar surface area (TPSA) is 80.8 Å². The number of sulfonamides is 1. The Bertz CT molecular complexity index is 1490. The number of Topliss-reactive ketones (excluding diaryl/α,β-unsaturated/α-hetero) is 1. The van der Waals surface area contributed by atoms with Crippen LogP contribution in [0.5, 0.6) is 0 Å². The number of carbonyl (C=O) groups excluding carboxylic acids is 2. The molecule has 4 rings (SSSR count). The summed E-state index contributed by atoms with van der Waals surface area (Å²) in [5, 5.41) is 1.73. The summed E-state index contributed by atoms with van der Waals surface area (Å²) in [6.07, 6.45) is 7.50. The molecule has 0 aromatic heterocycles. The zero-order chi connectivity index (χ0) is 29.1. The first-order chi connectivity index (χ1) is 18.8. The zero-order valence-electron chi connectivity index (χ0n) is 23.1. The van der Waals surface area contributed by atoms with Crippen LogP contribution in [0.3, 0.4) is 0 Å². The molecule has 1 aliphatic rings. The second-order valence-electron chi connectivity index (χ2n) is 11.4. The van der Waals surface area contributed by atoms with Crippen molar-refractivity contribution in [3.05, 3.63) is 70.2 Å². The van der Waals surface area contributed by atoms with Crippen LogP contribution in [0.4, 0.5) is 5.69 Å². The van der Waals surface area contributed by atoms with Gasteiger partial charge in [-0.1, -0.05) is 79.6 Å². The lowest BCUT2D eigenvalue weighted by molar-refractivity contribution is -0.152. The van der Waals surface area contributed by atoms with E-state index in [1.807, 2.05) is 12.1 Å². The molecule has 0 heterocycles. The number of ketones is 1. The maximum atomic E-state index is 13.8. The minimum Gasteiger partial charge on any atom is -0.459 e. The summed E-state index contributed by atoms with van der Waals surface area (Å²) in [4.78, 5) is 25.9. The van der Waals surface area contributed by atoms with E-state index in [0.717, 1.165) is 16.1 Å². The molecule has 214 valence electrons. The molecule has 40 heavy (non-hydrogen) atoms. The van der Waals surface area contributed by atoms with E-state index < -0.39 is 28.1 Å². The fraction of sp³-hybridized carbons (Fsp3) is 0.419. The third kappa shape index (κ3) is 7.56. The molecule has 0 radical (unpaired) electrons. The van der Waals surface area contributed by atoms with Gasteiger partial charge in [0.1, 0.15) is 12.1 Å². The van der Waals surface area contributed by atoms with E-state index in [1.165, 1.54) is 50.3 Å². The third-order valence-corrected chi connectivity index (χ3v) is 9.26. The van der Waals surface area contributed by atoms with Gasteiger partial charge in [-0.3, -0.25) is 13.9 Å². The Morgan fingerprint density at radius 3 is 2.27 bits per heavy atom. The van der Waals surface area contributed by atoms with Crippen LogP contribution in [0.2, 0.25) is 10.0 Å². The summed E-state index contributed by atoms with van der Waals surface area (Å²) < 4.78 is 34.1. The number of fused-ring (bicyclic) bond motifs is 1. The van der Waals surface area contributed by atoms with E-state index in [4.69, 9.17) is 27.9 Å². The van der Waals surface area contributed by atoms with Crippen LogP contribution in [-0.4, -0.2) is 32.3 Å². The Hall–Kier alpha value is -2.61. The number of hydrogen-bond donors (Lipinski definition) is 0. The molecule has 3 aromatic carbocycles. The summed E-state index contributed by atoms with van der Waals surface area (Å²) in [7, 11) is -4.27. The van der Waals surface area contributed by atoms with Crippen molar-refractivity contribution >= 4 is 61.4 Å². The first kappa shape index (κ1) is 30.4. The van der Waals surface area contributed by atoms with Gasteiger partial charge in [-0.15, -0.1) is 0 Å². The van der Waals surface area contributed by atoms with Crippen LogP contribution in [-0.2, 0) is 19.6 Å².